The third-order valence-corrected chi connectivity index (χ3v) is 5.93. The highest BCUT2D eigenvalue weighted by Gasteiger charge is 2.24. The second-order valence-corrected chi connectivity index (χ2v) is 8.17. The van der Waals surface area contributed by atoms with Crippen LogP contribution in [0, 0.1) is 12.7 Å². The molecule has 26 heavy (non-hydrogen) atoms. The summed E-state index contributed by atoms with van der Waals surface area (Å²) >= 11 is 0. The van der Waals surface area contributed by atoms with Crippen LogP contribution >= 0.6 is 0 Å². The van der Waals surface area contributed by atoms with E-state index in [2.05, 4.69) is 9.62 Å². The fraction of sp³-hybridized carbons (Fsp3) is 0.368. The summed E-state index contributed by atoms with van der Waals surface area (Å²) in [6.07, 6.45) is 0. The minimum absolute atomic E-state index is 0.0537. The molecule has 0 amide bonds. The van der Waals surface area contributed by atoms with Crippen LogP contribution < -0.4 is 4.72 Å². The molecule has 0 aliphatic carbocycles. The molecule has 0 unspecified atom stereocenters. The fourth-order valence-corrected chi connectivity index (χ4v) is 4.14. The van der Waals surface area contributed by atoms with Crippen LogP contribution in [-0.2, 0) is 14.8 Å². The van der Waals surface area contributed by atoms with E-state index in [4.69, 9.17) is 4.74 Å². The quantitative estimate of drug-likeness (QED) is 0.839. The molecule has 1 N–H and O–H groups in total. The highest BCUT2D eigenvalue weighted by atomic mass is 32.2. The Hall–Kier alpha value is -1.80. The molecule has 0 radical (unpaired) electrons. The van der Waals surface area contributed by atoms with Gasteiger partial charge in [-0.05, 0) is 36.8 Å². The third-order valence-electron chi connectivity index (χ3n) is 4.45. The number of hydrogen-bond acceptors (Lipinski definition) is 4. The number of nitrogens with zero attached hydrogens (tertiary/aromatic N) is 1. The third kappa shape index (κ3) is 4.88. The van der Waals surface area contributed by atoms with Gasteiger partial charge in [0.05, 0.1) is 24.2 Å². The maximum absolute atomic E-state index is 13.1. The number of halogens is 1. The van der Waals surface area contributed by atoms with Gasteiger partial charge in [-0.3, -0.25) is 4.90 Å². The average Bonchev–Trinajstić information content (AvgIpc) is 2.63. The van der Waals surface area contributed by atoms with Crippen molar-refractivity contribution in [1.82, 2.24) is 9.62 Å². The van der Waals surface area contributed by atoms with Gasteiger partial charge < -0.3 is 4.74 Å². The van der Waals surface area contributed by atoms with Gasteiger partial charge in [-0.15, -0.1) is 0 Å². The average molecular weight is 378 g/mol. The fourth-order valence-electron chi connectivity index (χ4n) is 2.92. The van der Waals surface area contributed by atoms with Gasteiger partial charge in [0.25, 0.3) is 0 Å². The van der Waals surface area contributed by atoms with Crippen molar-refractivity contribution in [2.75, 3.05) is 32.8 Å². The lowest BCUT2D eigenvalue weighted by Crippen LogP contribution is -2.43. The Morgan fingerprint density at radius 2 is 1.69 bits per heavy atom. The van der Waals surface area contributed by atoms with Crippen molar-refractivity contribution in [3.63, 3.8) is 0 Å². The van der Waals surface area contributed by atoms with E-state index >= 15 is 0 Å². The van der Waals surface area contributed by atoms with Gasteiger partial charge in [0.15, 0.2) is 0 Å². The predicted octanol–water partition coefficient (Wildman–Crippen LogP) is 2.49. The van der Waals surface area contributed by atoms with Gasteiger partial charge >= 0.3 is 0 Å². The van der Waals surface area contributed by atoms with Crippen molar-refractivity contribution in [1.29, 1.82) is 0 Å². The van der Waals surface area contributed by atoms with Crippen LogP contribution in [-0.4, -0.2) is 46.2 Å². The standard InChI is InChI=1S/C19H23FN2O3S/c1-15-2-4-16(5-3-15)19(14-22-10-12-25-13-11-22)21-26(23,24)18-8-6-17(20)7-9-18/h2-9,19,21H,10-14H2,1H3/t19-/m1/s1. The van der Waals surface area contributed by atoms with Gasteiger partial charge in [0.1, 0.15) is 5.82 Å². The number of ether oxygens (including phenoxy) is 1. The number of hydrogen-bond donors (Lipinski definition) is 1. The van der Waals surface area contributed by atoms with Crippen molar-refractivity contribution in [2.24, 2.45) is 0 Å². The van der Waals surface area contributed by atoms with Gasteiger partial charge in [-0.1, -0.05) is 29.8 Å². The van der Waals surface area contributed by atoms with E-state index in [9.17, 15) is 12.8 Å². The lowest BCUT2D eigenvalue weighted by atomic mass is 10.1. The molecule has 140 valence electrons. The molecule has 0 saturated carbocycles. The van der Waals surface area contributed by atoms with Gasteiger partial charge in [0, 0.05) is 19.6 Å². The monoisotopic (exact) mass is 378 g/mol. The van der Waals surface area contributed by atoms with E-state index in [-0.39, 0.29) is 4.90 Å². The number of sulfonamides is 1. The molecule has 1 atom stereocenters. The number of morpholine rings is 1. The Bertz CT molecular complexity index is 817. The molecule has 1 saturated heterocycles. The summed E-state index contributed by atoms with van der Waals surface area (Å²) in [5.41, 5.74) is 2.01. The zero-order chi connectivity index (χ0) is 18.6. The number of benzene rings is 2. The number of nitrogens with one attached hydrogen (secondary N) is 1. The van der Waals surface area contributed by atoms with Crippen LogP contribution in [0.3, 0.4) is 0 Å². The molecular formula is C19H23FN2O3S. The first-order valence-corrected chi connectivity index (χ1v) is 10.1. The summed E-state index contributed by atoms with van der Waals surface area (Å²) in [6.45, 7) is 5.36. The highest BCUT2D eigenvalue weighted by Crippen LogP contribution is 2.20. The first-order chi connectivity index (χ1) is 12.4. The second-order valence-electron chi connectivity index (χ2n) is 6.45. The Balaban J connectivity index is 1.84. The Labute approximate surface area is 153 Å². The molecule has 5 nitrogen and oxygen atoms in total. The van der Waals surface area contributed by atoms with E-state index in [1.54, 1.807) is 0 Å². The smallest absolute Gasteiger partial charge is 0.241 e. The van der Waals surface area contributed by atoms with E-state index in [0.29, 0.717) is 19.8 Å². The highest BCUT2D eigenvalue weighted by molar-refractivity contribution is 7.89. The zero-order valence-electron chi connectivity index (χ0n) is 14.7. The normalized spacial score (nSPS) is 17.2. The molecule has 1 fully saturated rings. The largest absolute Gasteiger partial charge is 0.379 e. The van der Waals surface area contributed by atoms with Crippen molar-refractivity contribution >= 4 is 10.0 Å². The van der Waals surface area contributed by atoms with Gasteiger partial charge in [-0.2, -0.15) is 0 Å². The van der Waals surface area contributed by atoms with Crippen molar-refractivity contribution in [3.8, 4) is 0 Å². The molecule has 3 rings (SSSR count). The van der Waals surface area contributed by atoms with E-state index in [1.807, 2.05) is 31.2 Å². The predicted molar refractivity (Wildman–Crippen MR) is 97.9 cm³/mol. The molecule has 0 spiro atoms. The van der Waals surface area contributed by atoms with Crippen LogP contribution in [0.2, 0.25) is 0 Å². The molecule has 1 heterocycles. The second kappa shape index (κ2) is 8.26. The summed E-state index contributed by atoms with van der Waals surface area (Å²) in [6, 6.07) is 12.3. The molecule has 0 aromatic heterocycles. The molecule has 0 bridgehead atoms. The summed E-state index contributed by atoms with van der Waals surface area (Å²) in [4.78, 5) is 2.24. The minimum Gasteiger partial charge on any atom is -0.379 e. The van der Waals surface area contributed by atoms with Crippen LogP contribution in [0.5, 0.6) is 0 Å². The maximum atomic E-state index is 13.1. The number of aryl methyl sites for hydroxylation is 1. The Morgan fingerprint density at radius 3 is 2.31 bits per heavy atom. The molecule has 7 heteroatoms. The molecule has 2 aromatic rings. The van der Waals surface area contributed by atoms with Crippen LogP contribution in [0.4, 0.5) is 4.39 Å². The molecule has 1 aliphatic heterocycles. The summed E-state index contributed by atoms with van der Waals surface area (Å²) < 4.78 is 46.8. The minimum atomic E-state index is -3.76. The van der Waals surface area contributed by atoms with Gasteiger partial charge in [0.2, 0.25) is 10.0 Å². The maximum Gasteiger partial charge on any atom is 0.241 e. The van der Waals surface area contributed by atoms with Crippen LogP contribution in [0.25, 0.3) is 0 Å². The van der Waals surface area contributed by atoms with Crippen molar-refractivity contribution < 1.29 is 17.5 Å². The van der Waals surface area contributed by atoms with E-state index in [1.165, 1.54) is 12.1 Å². The van der Waals surface area contributed by atoms with Crippen molar-refractivity contribution in [3.05, 3.63) is 65.5 Å². The summed E-state index contributed by atoms with van der Waals surface area (Å²) in [5.74, 6) is -0.465. The Morgan fingerprint density at radius 1 is 1.08 bits per heavy atom. The zero-order valence-corrected chi connectivity index (χ0v) is 15.5. The molecule has 2 aromatic carbocycles. The summed E-state index contributed by atoms with van der Waals surface area (Å²) in [5, 5.41) is 0. The van der Waals surface area contributed by atoms with E-state index < -0.39 is 21.9 Å². The number of rotatable bonds is 6. The SMILES string of the molecule is Cc1ccc([C@@H](CN2CCOCC2)NS(=O)(=O)c2ccc(F)cc2)cc1. The van der Waals surface area contributed by atoms with Crippen LogP contribution in [0.15, 0.2) is 53.4 Å². The summed E-state index contributed by atoms with van der Waals surface area (Å²) in [7, 11) is -3.76. The first kappa shape index (κ1) is 19.0. The lowest BCUT2D eigenvalue weighted by molar-refractivity contribution is 0.0345. The van der Waals surface area contributed by atoms with Gasteiger partial charge in [-0.25, -0.2) is 17.5 Å². The first-order valence-electron chi connectivity index (χ1n) is 8.58. The molecule has 1 aliphatic rings. The lowest BCUT2D eigenvalue weighted by Gasteiger charge is -2.31. The molecular weight excluding hydrogens is 355 g/mol. The van der Waals surface area contributed by atoms with E-state index in [0.717, 1.165) is 36.3 Å². The topological polar surface area (TPSA) is 58.6 Å². The van der Waals surface area contributed by atoms with Crippen LogP contribution in [0.1, 0.15) is 17.2 Å². The van der Waals surface area contributed by atoms with Crippen molar-refractivity contribution in [2.45, 2.75) is 17.9 Å². The Kier molecular flexibility index (Phi) is 6.03.